The molecule has 1 saturated heterocycles. The first-order valence-electron chi connectivity index (χ1n) is 11.4. The van der Waals surface area contributed by atoms with Gasteiger partial charge in [-0.3, -0.25) is 9.79 Å². The van der Waals surface area contributed by atoms with Crippen LogP contribution in [0.2, 0.25) is 0 Å². The average molecular weight is 417 g/mol. The lowest BCUT2D eigenvalue weighted by Gasteiger charge is -2.17. The maximum absolute atomic E-state index is 12.6. The zero-order chi connectivity index (χ0) is 21.0. The van der Waals surface area contributed by atoms with Gasteiger partial charge in [0, 0.05) is 51.5 Å². The number of hydrogen-bond acceptors (Lipinski definition) is 4. The van der Waals surface area contributed by atoms with Crippen LogP contribution >= 0.6 is 0 Å². The van der Waals surface area contributed by atoms with Gasteiger partial charge >= 0.3 is 0 Å². The molecule has 0 aromatic heterocycles. The minimum atomic E-state index is 0.191. The molecule has 0 saturated carbocycles. The first-order valence-corrected chi connectivity index (χ1v) is 11.4. The lowest BCUT2D eigenvalue weighted by Crippen LogP contribution is -2.38. The Morgan fingerprint density at radius 1 is 1.30 bits per heavy atom. The zero-order valence-corrected chi connectivity index (χ0v) is 18.2. The number of ether oxygens (including phenoxy) is 2. The summed E-state index contributed by atoms with van der Waals surface area (Å²) in [5.74, 6) is 0.993. The summed E-state index contributed by atoms with van der Waals surface area (Å²) in [6.07, 6.45) is 5.69. The predicted octanol–water partition coefficient (Wildman–Crippen LogP) is 2.50. The van der Waals surface area contributed by atoms with Crippen LogP contribution < -0.4 is 15.5 Å². The third-order valence-electron chi connectivity index (χ3n) is 5.44. The van der Waals surface area contributed by atoms with Gasteiger partial charge in [0.2, 0.25) is 5.91 Å². The van der Waals surface area contributed by atoms with Crippen molar-refractivity contribution in [1.29, 1.82) is 0 Å². The SMILES string of the molecule is CCNC(=NCCCC(=O)N1CCc2ccccc21)NCCCOCC1CCCO1. The lowest BCUT2D eigenvalue weighted by atomic mass is 10.2. The van der Waals surface area contributed by atoms with Crippen LogP contribution in [0.15, 0.2) is 29.3 Å². The number of nitrogens with one attached hydrogen (secondary N) is 2. The van der Waals surface area contributed by atoms with E-state index in [0.29, 0.717) is 19.6 Å². The molecule has 3 rings (SSSR count). The highest BCUT2D eigenvalue weighted by Gasteiger charge is 2.23. The molecule has 0 bridgehead atoms. The van der Waals surface area contributed by atoms with E-state index in [1.807, 2.05) is 23.1 Å². The van der Waals surface area contributed by atoms with Gasteiger partial charge in [-0.15, -0.1) is 0 Å². The van der Waals surface area contributed by atoms with Crippen molar-refractivity contribution in [2.24, 2.45) is 4.99 Å². The minimum absolute atomic E-state index is 0.191. The minimum Gasteiger partial charge on any atom is -0.379 e. The Hall–Kier alpha value is -2.12. The topological polar surface area (TPSA) is 75.2 Å². The van der Waals surface area contributed by atoms with E-state index in [9.17, 15) is 4.79 Å². The molecule has 2 heterocycles. The van der Waals surface area contributed by atoms with Gasteiger partial charge in [-0.25, -0.2) is 0 Å². The van der Waals surface area contributed by atoms with E-state index in [2.05, 4.69) is 28.6 Å². The molecule has 0 spiro atoms. The summed E-state index contributed by atoms with van der Waals surface area (Å²) in [6.45, 7) is 7.38. The van der Waals surface area contributed by atoms with Gasteiger partial charge in [0.15, 0.2) is 5.96 Å². The second-order valence-corrected chi connectivity index (χ2v) is 7.78. The fourth-order valence-electron chi connectivity index (χ4n) is 3.87. The third kappa shape index (κ3) is 6.99. The molecular weight excluding hydrogens is 380 g/mol. The maximum Gasteiger partial charge on any atom is 0.227 e. The molecule has 1 amide bonds. The Morgan fingerprint density at radius 2 is 2.20 bits per heavy atom. The maximum atomic E-state index is 12.6. The number of amides is 1. The molecular formula is C23H36N4O3. The van der Waals surface area contributed by atoms with E-state index in [1.54, 1.807) is 0 Å². The quantitative estimate of drug-likeness (QED) is 0.329. The second-order valence-electron chi connectivity index (χ2n) is 7.78. The lowest BCUT2D eigenvalue weighted by molar-refractivity contribution is -0.118. The Morgan fingerprint density at radius 3 is 3.03 bits per heavy atom. The summed E-state index contributed by atoms with van der Waals surface area (Å²) in [7, 11) is 0. The number of rotatable bonds is 11. The van der Waals surface area contributed by atoms with Crippen LogP contribution in [0.3, 0.4) is 0 Å². The number of guanidine groups is 1. The summed E-state index contributed by atoms with van der Waals surface area (Å²) in [4.78, 5) is 19.1. The van der Waals surface area contributed by atoms with E-state index < -0.39 is 0 Å². The van der Waals surface area contributed by atoms with Crippen molar-refractivity contribution in [3.8, 4) is 0 Å². The summed E-state index contributed by atoms with van der Waals surface area (Å²) < 4.78 is 11.2. The monoisotopic (exact) mass is 416 g/mol. The number of benzene rings is 1. The summed E-state index contributed by atoms with van der Waals surface area (Å²) in [5, 5.41) is 6.59. The van der Waals surface area contributed by atoms with E-state index >= 15 is 0 Å². The van der Waals surface area contributed by atoms with Crippen molar-refractivity contribution in [2.45, 2.75) is 51.6 Å². The Bertz CT molecular complexity index is 689. The van der Waals surface area contributed by atoms with Gasteiger partial charge in [0.05, 0.1) is 12.7 Å². The molecule has 0 radical (unpaired) electrons. The second kappa shape index (κ2) is 12.5. The van der Waals surface area contributed by atoms with Gasteiger partial charge in [-0.1, -0.05) is 18.2 Å². The fraction of sp³-hybridized carbons (Fsp3) is 0.652. The van der Waals surface area contributed by atoms with Crippen LogP contribution in [0.5, 0.6) is 0 Å². The van der Waals surface area contributed by atoms with Crippen molar-refractivity contribution in [3.63, 3.8) is 0 Å². The van der Waals surface area contributed by atoms with E-state index in [-0.39, 0.29) is 12.0 Å². The molecule has 2 N–H and O–H groups in total. The average Bonchev–Trinajstić information content (AvgIpc) is 3.43. The molecule has 1 unspecified atom stereocenters. The van der Waals surface area contributed by atoms with Crippen LogP contribution in [0.1, 0.15) is 44.6 Å². The van der Waals surface area contributed by atoms with Gasteiger partial charge in [0.1, 0.15) is 0 Å². The van der Waals surface area contributed by atoms with Gasteiger partial charge < -0.3 is 25.0 Å². The first kappa shape index (κ1) is 22.6. The molecule has 0 aliphatic carbocycles. The van der Waals surface area contributed by atoms with Crippen molar-refractivity contribution in [3.05, 3.63) is 29.8 Å². The van der Waals surface area contributed by atoms with Crippen molar-refractivity contribution < 1.29 is 14.3 Å². The Labute approximate surface area is 180 Å². The molecule has 1 aromatic carbocycles. The van der Waals surface area contributed by atoms with Crippen LogP contribution in [0.25, 0.3) is 0 Å². The molecule has 7 heteroatoms. The number of hydrogen-bond donors (Lipinski definition) is 2. The molecule has 1 atom stereocenters. The highest BCUT2D eigenvalue weighted by Crippen LogP contribution is 2.28. The molecule has 166 valence electrons. The van der Waals surface area contributed by atoms with Crippen LogP contribution in [0, 0.1) is 0 Å². The van der Waals surface area contributed by atoms with Gasteiger partial charge in [-0.05, 0) is 50.7 Å². The van der Waals surface area contributed by atoms with E-state index in [4.69, 9.17) is 9.47 Å². The normalized spacial score (nSPS) is 18.5. The van der Waals surface area contributed by atoms with Gasteiger partial charge in [-0.2, -0.15) is 0 Å². The van der Waals surface area contributed by atoms with E-state index in [0.717, 1.165) is 76.6 Å². The standard InChI is InChI=1S/C23H36N4O3/c1-2-24-23(26-14-7-16-29-18-20-9-6-17-30-20)25-13-5-11-22(28)27-15-12-19-8-3-4-10-21(19)27/h3-4,8,10,20H,2,5-7,9,11-18H2,1H3,(H2,24,25,26). The number of anilines is 1. The smallest absolute Gasteiger partial charge is 0.227 e. The predicted molar refractivity (Wildman–Crippen MR) is 120 cm³/mol. The molecule has 7 nitrogen and oxygen atoms in total. The van der Waals surface area contributed by atoms with Crippen LogP contribution in [-0.2, 0) is 20.7 Å². The molecule has 1 aromatic rings. The Kier molecular flexibility index (Phi) is 9.44. The largest absolute Gasteiger partial charge is 0.379 e. The number of fused-ring (bicyclic) bond motifs is 1. The number of nitrogens with zero attached hydrogens (tertiary/aromatic N) is 2. The summed E-state index contributed by atoms with van der Waals surface area (Å²) >= 11 is 0. The van der Waals surface area contributed by atoms with Crippen molar-refractivity contribution in [2.75, 3.05) is 50.9 Å². The number of carbonyl (C=O) groups excluding carboxylic acids is 1. The highest BCUT2D eigenvalue weighted by molar-refractivity contribution is 5.95. The third-order valence-corrected chi connectivity index (χ3v) is 5.44. The van der Waals surface area contributed by atoms with Crippen LogP contribution in [-0.4, -0.2) is 64.0 Å². The van der Waals surface area contributed by atoms with Crippen molar-refractivity contribution >= 4 is 17.6 Å². The zero-order valence-electron chi connectivity index (χ0n) is 18.2. The number of para-hydroxylation sites is 1. The summed E-state index contributed by atoms with van der Waals surface area (Å²) in [6, 6.07) is 8.18. The molecule has 1 fully saturated rings. The molecule has 2 aliphatic rings. The molecule has 2 aliphatic heterocycles. The fourth-order valence-corrected chi connectivity index (χ4v) is 3.87. The number of aliphatic imine (C=N–C) groups is 1. The first-order chi connectivity index (χ1) is 14.8. The summed E-state index contributed by atoms with van der Waals surface area (Å²) in [5.41, 5.74) is 2.34. The van der Waals surface area contributed by atoms with Gasteiger partial charge in [0.25, 0.3) is 0 Å². The van der Waals surface area contributed by atoms with E-state index in [1.165, 1.54) is 5.56 Å². The van der Waals surface area contributed by atoms with Crippen molar-refractivity contribution in [1.82, 2.24) is 10.6 Å². The highest BCUT2D eigenvalue weighted by atomic mass is 16.5. The Balaban J connectivity index is 1.30. The number of carbonyl (C=O) groups is 1. The van der Waals surface area contributed by atoms with Crippen LogP contribution in [0.4, 0.5) is 5.69 Å². The molecule has 30 heavy (non-hydrogen) atoms.